The number of ketones is 1. The van der Waals surface area contributed by atoms with Crippen LogP contribution in [0, 0.1) is 22.7 Å². The van der Waals surface area contributed by atoms with Crippen molar-refractivity contribution in [2.24, 2.45) is 22.7 Å². The first kappa shape index (κ1) is 30.4. The van der Waals surface area contributed by atoms with Crippen LogP contribution in [0.2, 0.25) is 0 Å². The molecule has 0 radical (unpaired) electrons. The van der Waals surface area contributed by atoms with Gasteiger partial charge in [-0.1, -0.05) is 56.3 Å². The van der Waals surface area contributed by atoms with Crippen molar-refractivity contribution >= 4 is 33.3 Å². The first-order valence-corrected chi connectivity index (χ1v) is 16.3. The summed E-state index contributed by atoms with van der Waals surface area (Å²) >= 11 is 0. The van der Waals surface area contributed by atoms with Crippen LogP contribution in [0.25, 0.3) is 11.1 Å². The van der Waals surface area contributed by atoms with Crippen molar-refractivity contribution in [1.82, 2.24) is 10.3 Å². The van der Waals surface area contributed by atoms with Gasteiger partial charge < -0.3 is 15.7 Å². The number of rotatable bonds is 11. The number of anilines is 1. The number of aliphatic carboxylic acids is 1. The van der Waals surface area contributed by atoms with Gasteiger partial charge in [0.2, 0.25) is 0 Å². The SMILES string of the molecule is CC1(C)C2CCC1(CS(=O)(=O)CC(Cc1ccc(-c3ccc(NC(=O)NCc4ccccn4)cc3)cc1)C(=O)O)C(=O)C2. The number of carboxylic acids is 1. The summed E-state index contributed by atoms with van der Waals surface area (Å²) in [6.07, 6.45) is 3.54. The molecule has 226 valence electrons. The smallest absolute Gasteiger partial charge is 0.319 e. The van der Waals surface area contributed by atoms with Crippen LogP contribution in [0.3, 0.4) is 0 Å². The summed E-state index contributed by atoms with van der Waals surface area (Å²) in [5, 5.41) is 15.4. The van der Waals surface area contributed by atoms with Crippen LogP contribution in [-0.4, -0.2) is 47.8 Å². The minimum absolute atomic E-state index is 0.00692. The standard InChI is InChI=1S/C33H37N3O6S/c1-32(2)26-14-15-33(32,29(37)18-26)21-43(41,42)20-25(30(38)39)17-22-6-8-23(9-7-22)24-10-12-27(13-11-24)36-31(40)35-19-28-5-3-4-16-34-28/h3-13,16,25-26H,14-15,17-21H2,1-2H3,(H,38,39)(H2,35,36,40). The van der Waals surface area contributed by atoms with E-state index in [4.69, 9.17) is 0 Å². The molecule has 2 aliphatic carbocycles. The number of nitrogens with one attached hydrogen (secondary N) is 2. The average Bonchev–Trinajstić information content (AvgIpc) is 3.31. The molecule has 3 unspecified atom stereocenters. The number of carbonyl (C=O) groups is 3. The van der Waals surface area contributed by atoms with Crippen LogP contribution in [0.1, 0.15) is 44.4 Å². The first-order valence-electron chi connectivity index (χ1n) is 14.5. The molecule has 3 aromatic rings. The van der Waals surface area contributed by atoms with Gasteiger partial charge in [-0.3, -0.25) is 14.6 Å². The van der Waals surface area contributed by atoms with Gasteiger partial charge in [-0.2, -0.15) is 0 Å². The van der Waals surface area contributed by atoms with E-state index in [0.717, 1.165) is 23.2 Å². The molecule has 2 aromatic carbocycles. The lowest BCUT2D eigenvalue weighted by Gasteiger charge is -2.36. The molecular formula is C33H37N3O6S. The molecule has 0 spiro atoms. The number of amides is 2. The van der Waals surface area contributed by atoms with Crippen molar-refractivity contribution < 1.29 is 27.9 Å². The molecule has 9 nitrogen and oxygen atoms in total. The summed E-state index contributed by atoms with van der Waals surface area (Å²) < 4.78 is 26.6. The Morgan fingerprint density at radius 2 is 1.70 bits per heavy atom. The Bertz CT molecular complexity index is 1600. The van der Waals surface area contributed by atoms with Gasteiger partial charge in [0, 0.05) is 23.7 Å². The number of nitrogens with zero attached hydrogens (tertiary/aromatic N) is 1. The molecule has 2 fully saturated rings. The fourth-order valence-corrected chi connectivity index (χ4v) is 9.20. The summed E-state index contributed by atoms with van der Waals surface area (Å²) in [6, 6.07) is 19.8. The number of Topliss-reactive ketones (excluding diaryl/α,β-unsaturated/α-hetero) is 1. The summed E-state index contributed by atoms with van der Waals surface area (Å²) in [5.74, 6) is -2.85. The van der Waals surface area contributed by atoms with Crippen molar-refractivity contribution in [3.05, 3.63) is 84.2 Å². The highest BCUT2D eigenvalue weighted by Crippen LogP contribution is 2.64. The molecule has 3 N–H and O–H groups in total. The van der Waals surface area contributed by atoms with E-state index in [2.05, 4.69) is 15.6 Å². The van der Waals surface area contributed by atoms with E-state index in [1.165, 1.54) is 0 Å². The van der Waals surface area contributed by atoms with Gasteiger partial charge in [0.15, 0.2) is 9.84 Å². The monoisotopic (exact) mass is 603 g/mol. The average molecular weight is 604 g/mol. The summed E-state index contributed by atoms with van der Waals surface area (Å²) in [5.41, 5.74) is 2.59. The number of hydrogen-bond donors (Lipinski definition) is 3. The molecule has 43 heavy (non-hydrogen) atoms. The summed E-state index contributed by atoms with van der Waals surface area (Å²) in [6.45, 7) is 4.27. The van der Waals surface area contributed by atoms with Crippen LogP contribution in [0.4, 0.5) is 10.5 Å². The fourth-order valence-electron chi connectivity index (χ4n) is 6.78. The van der Waals surface area contributed by atoms with Crippen LogP contribution in [0.15, 0.2) is 72.9 Å². The number of pyridine rings is 1. The topological polar surface area (TPSA) is 143 Å². The summed E-state index contributed by atoms with van der Waals surface area (Å²) in [7, 11) is -3.80. The van der Waals surface area contributed by atoms with Gasteiger partial charge in [-0.15, -0.1) is 0 Å². The van der Waals surface area contributed by atoms with Crippen LogP contribution >= 0.6 is 0 Å². The molecule has 0 aliphatic heterocycles. The Morgan fingerprint density at radius 3 is 2.26 bits per heavy atom. The van der Waals surface area contributed by atoms with Gasteiger partial charge in [0.05, 0.1) is 29.7 Å². The van der Waals surface area contributed by atoms with Crippen molar-refractivity contribution in [3.63, 3.8) is 0 Å². The van der Waals surface area contributed by atoms with Gasteiger partial charge in [0.25, 0.3) is 0 Å². The molecule has 0 saturated heterocycles. The number of carbonyl (C=O) groups excluding carboxylic acids is 2. The molecule has 2 aliphatic rings. The molecular weight excluding hydrogens is 566 g/mol. The molecule has 1 aromatic heterocycles. The number of sulfone groups is 1. The minimum Gasteiger partial charge on any atom is -0.481 e. The highest BCUT2D eigenvalue weighted by Gasteiger charge is 2.65. The number of carboxylic acid groups (broad SMARTS) is 1. The maximum absolute atomic E-state index is 13.3. The zero-order valence-electron chi connectivity index (χ0n) is 24.4. The molecule has 2 amide bonds. The minimum atomic E-state index is -3.80. The van der Waals surface area contributed by atoms with Gasteiger partial charge >= 0.3 is 12.0 Å². The Labute approximate surface area is 252 Å². The lowest BCUT2D eigenvalue weighted by molar-refractivity contribution is -0.140. The van der Waals surface area contributed by atoms with E-state index in [1.54, 1.807) is 30.5 Å². The van der Waals surface area contributed by atoms with E-state index in [-0.39, 0.29) is 29.9 Å². The van der Waals surface area contributed by atoms with Crippen LogP contribution < -0.4 is 10.6 Å². The zero-order valence-corrected chi connectivity index (χ0v) is 25.2. The van der Waals surface area contributed by atoms with Gasteiger partial charge in [-0.05, 0) is 71.6 Å². The molecule has 2 bridgehead atoms. The predicted molar refractivity (Wildman–Crippen MR) is 164 cm³/mol. The number of benzene rings is 2. The molecule has 10 heteroatoms. The van der Waals surface area contributed by atoms with Crippen molar-refractivity contribution in [2.75, 3.05) is 16.8 Å². The van der Waals surface area contributed by atoms with Crippen molar-refractivity contribution in [3.8, 4) is 11.1 Å². The summed E-state index contributed by atoms with van der Waals surface area (Å²) in [4.78, 5) is 41.3. The maximum atomic E-state index is 13.3. The molecule has 5 rings (SSSR count). The normalized spacial score (nSPS) is 21.3. The largest absolute Gasteiger partial charge is 0.481 e. The number of fused-ring (bicyclic) bond motifs is 2. The Morgan fingerprint density at radius 1 is 1.02 bits per heavy atom. The fraction of sp³-hybridized carbons (Fsp3) is 0.394. The van der Waals surface area contributed by atoms with E-state index in [0.29, 0.717) is 30.6 Å². The second kappa shape index (κ2) is 11.9. The zero-order chi connectivity index (χ0) is 30.8. The third-order valence-electron chi connectivity index (χ3n) is 9.48. The Hall–Kier alpha value is -4.05. The molecule has 2 saturated carbocycles. The molecule has 1 heterocycles. The van der Waals surface area contributed by atoms with Crippen molar-refractivity contribution in [1.29, 1.82) is 0 Å². The van der Waals surface area contributed by atoms with Crippen LogP contribution in [0.5, 0.6) is 0 Å². The van der Waals surface area contributed by atoms with Crippen LogP contribution in [-0.2, 0) is 32.4 Å². The highest BCUT2D eigenvalue weighted by molar-refractivity contribution is 7.91. The second-order valence-electron chi connectivity index (χ2n) is 12.4. The quantitative estimate of drug-likeness (QED) is 0.276. The van der Waals surface area contributed by atoms with E-state index >= 15 is 0 Å². The first-order chi connectivity index (χ1) is 20.4. The Kier molecular flexibility index (Phi) is 8.42. The lowest BCUT2D eigenvalue weighted by atomic mass is 9.70. The number of hydrogen-bond acceptors (Lipinski definition) is 6. The van der Waals surface area contributed by atoms with Gasteiger partial charge in [0.1, 0.15) is 5.78 Å². The Balaban J connectivity index is 1.18. The maximum Gasteiger partial charge on any atom is 0.319 e. The van der Waals surface area contributed by atoms with E-state index < -0.39 is 38.3 Å². The van der Waals surface area contributed by atoms with E-state index in [1.807, 2.05) is 56.3 Å². The number of aromatic nitrogens is 1. The lowest BCUT2D eigenvalue weighted by Crippen LogP contribution is -2.43. The van der Waals surface area contributed by atoms with Crippen molar-refractivity contribution in [2.45, 2.75) is 46.1 Å². The predicted octanol–water partition coefficient (Wildman–Crippen LogP) is 5.12. The third-order valence-corrected chi connectivity index (χ3v) is 11.3. The highest BCUT2D eigenvalue weighted by atomic mass is 32.2. The third kappa shape index (κ3) is 6.49. The van der Waals surface area contributed by atoms with E-state index in [9.17, 15) is 27.9 Å². The molecule has 3 atom stereocenters. The van der Waals surface area contributed by atoms with Gasteiger partial charge in [-0.25, -0.2) is 13.2 Å². The second-order valence-corrected chi connectivity index (χ2v) is 14.5. The number of urea groups is 1.